The van der Waals surface area contributed by atoms with Crippen LogP contribution in [0.5, 0.6) is 0 Å². The van der Waals surface area contributed by atoms with E-state index in [0.717, 1.165) is 36.9 Å². The molecule has 6 heteroatoms. The molecule has 1 unspecified atom stereocenters. The van der Waals surface area contributed by atoms with Crippen LogP contribution in [0.2, 0.25) is 0 Å². The molecular weight excluding hydrogens is 340 g/mol. The van der Waals surface area contributed by atoms with Crippen LogP contribution < -0.4 is 10.2 Å². The van der Waals surface area contributed by atoms with Crippen molar-refractivity contribution in [2.45, 2.75) is 26.2 Å². The molecule has 2 heterocycles. The molecule has 1 aliphatic rings. The fraction of sp³-hybridized carbons (Fsp3) is 0.476. The number of amides is 1. The number of hydrogen-bond donors (Lipinski definition) is 1. The minimum atomic E-state index is -0.0123. The van der Waals surface area contributed by atoms with Gasteiger partial charge in [-0.3, -0.25) is 4.79 Å². The van der Waals surface area contributed by atoms with Gasteiger partial charge in [-0.05, 0) is 31.7 Å². The smallest absolute Gasteiger partial charge is 0.225 e. The number of anilines is 1. The van der Waals surface area contributed by atoms with Crippen LogP contribution in [-0.2, 0) is 9.53 Å². The van der Waals surface area contributed by atoms with E-state index in [2.05, 4.69) is 51.4 Å². The highest BCUT2D eigenvalue weighted by atomic mass is 16.5. The van der Waals surface area contributed by atoms with Crippen LogP contribution >= 0.6 is 0 Å². The fourth-order valence-corrected chi connectivity index (χ4v) is 3.32. The van der Waals surface area contributed by atoms with Gasteiger partial charge in [0.2, 0.25) is 11.9 Å². The molecule has 144 valence electrons. The maximum atomic E-state index is 12.4. The molecule has 0 spiro atoms. The van der Waals surface area contributed by atoms with Crippen molar-refractivity contribution >= 4 is 11.9 Å². The molecule has 1 aliphatic heterocycles. The molecule has 1 atom stereocenters. The number of aryl methyl sites for hydroxylation is 1. The summed E-state index contributed by atoms with van der Waals surface area (Å²) in [7, 11) is 1.67. The number of carbonyl (C=O) groups excluding carboxylic acids is 1. The molecule has 0 bridgehead atoms. The number of nitrogens with zero attached hydrogens (tertiary/aromatic N) is 3. The summed E-state index contributed by atoms with van der Waals surface area (Å²) in [4.78, 5) is 23.6. The molecule has 1 amide bonds. The molecule has 1 saturated heterocycles. The standard InChI is InChI=1S/C21H28N4O2/c1-16-6-8-17(9-7-16)19-13-23-21(24-14-19)25-11-3-5-18(15-25)20(26)22-10-4-12-27-2/h6-9,13-14,18H,3-5,10-12,15H2,1-2H3,(H,22,26). The van der Waals surface area contributed by atoms with E-state index in [0.29, 0.717) is 25.6 Å². The third kappa shape index (κ3) is 5.26. The van der Waals surface area contributed by atoms with Gasteiger partial charge in [0.1, 0.15) is 0 Å². The highest BCUT2D eigenvalue weighted by Crippen LogP contribution is 2.23. The van der Waals surface area contributed by atoms with Gasteiger partial charge >= 0.3 is 0 Å². The Hall–Kier alpha value is -2.47. The van der Waals surface area contributed by atoms with E-state index >= 15 is 0 Å². The predicted molar refractivity (Wildman–Crippen MR) is 107 cm³/mol. The van der Waals surface area contributed by atoms with Gasteiger partial charge in [0.25, 0.3) is 0 Å². The van der Waals surface area contributed by atoms with Gasteiger partial charge in [0.15, 0.2) is 0 Å². The summed E-state index contributed by atoms with van der Waals surface area (Å²) >= 11 is 0. The number of nitrogens with one attached hydrogen (secondary N) is 1. The Morgan fingerprint density at radius 1 is 1.22 bits per heavy atom. The zero-order valence-corrected chi connectivity index (χ0v) is 16.1. The molecule has 1 N–H and O–H groups in total. The first-order valence-corrected chi connectivity index (χ1v) is 9.58. The van der Waals surface area contributed by atoms with Crippen LogP contribution in [0.15, 0.2) is 36.7 Å². The van der Waals surface area contributed by atoms with E-state index in [1.165, 1.54) is 5.56 Å². The van der Waals surface area contributed by atoms with Gasteiger partial charge in [-0.25, -0.2) is 9.97 Å². The molecule has 0 aliphatic carbocycles. The van der Waals surface area contributed by atoms with E-state index < -0.39 is 0 Å². The van der Waals surface area contributed by atoms with Gasteiger partial charge in [0, 0.05) is 51.3 Å². The maximum absolute atomic E-state index is 12.4. The topological polar surface area (TPSA) is 67.3 Å². The summed E-state index contributed by atoms with van der Waals surface area (Å²) in [5, 5.41) is 3.01. The Kier molecular flexibility index (Phi) is 6.76. The normalized spacial score (nSPS) is 17.0. The monoisotopic (exact) mass is 368 g/mol. The number of methoxy groups -OCH3 is 1. The average molecular weight is 368 g/mol. The van der Waals surface area contributed by atoms with Gasteiger partial charge < -0.3 is 15.0 Å². The maximum Gasteiger partial charge on any atom is 0.225 e. The van der Waals surface area contributed by atoms with Crippen molar-refractivity contribution < 1.29 is 9.53 Å². The van der Waals surface area contributed by atoms with Crippen molar-refractivity contribution in [3.8, 4) is 11.1 Å². The number of rotatable bonds is 7. The quantitative estimate of drug-likeness (QED) is 0.761. The molecule has 27 heavy (non-hydrogen) atoms. The predicted octanol–water partition coefficient (Wildman–Crippen LogP) is 2.82. The first kappa shape index (κ1) is 19.3. The van der Waals surface area contributed by atoms with E-state index in [-0.39, 0.29) is 11.8 Å². The number of benzene rings is 1. The van der Waals surface area contributed by atoms with Crippen molar-refractivity contribution in [2.75, 3.05) is 38.3 Å². The van der Waals surface area contributed by atoms with Gasteiger partial charge in [0.05, 0.1) is 5.92 Å². The first-order chi connectivity index (χ1) is 13.2. The molecule has 2 aromatic rings. The Balaban J connectivity index is 1.59. The first-order valence-electron chi connectivity index (χ1n) is 9.58. The summed E-state index contributed by atoms with van der Waals surface area (Å²) in [6.45, 7) is 4.95. The van der Waals surface area contributed by atoms with Crippen molar-refractivity contribution in [2.24, 2.45) is 5.92 Å². The van der Waals surface area contributed by atoms with Crippen LogP contribution in [0.1, 0.15) is 24.8 Å². The fourth-order valence-electron chi connectivity index (χ4n) is 3.32. The number of aromatic nitrogens is 2. The summed E-state index contributed by atoms with van der Waals surface area (Å²) in [5.41, 5.74) is 3.35. The zero-order valence-electron chi connectivity index (χ0n) is 16.1. The second-order valence-electron chi connectivity index (χ2n) is 7.06. The van der Waals surface area contributed by atoms with Gasteiger partial charge in [-0.15, -0.1) is 0 Å². The van der Waals surface area contributed by atoms with Gasteiger partial charge in [-0.2, -0.15) is 0 Å². The van der Waals surface area contributed by atoms with Crippen LogP contribution in [0, 0.1) is 12.8 Å². The largest absolute Gasteiger partial charge is 0.385 e. The van der Waals surface area contributed by atoms with Crippen LogP contribution in [0.4, 0.5) is 5.95 Å². The highest BCUT2D eigenvalue weighted by molar-refractivity contribution is 5.79. The molecule has 1 aromatic carbocycles. The molecule has 1 aromatic heterocycles. The summed E-state index contributed by atoms with van der Waals surface area (Å²) in [5.74, 6) is 0.802. The van der Waals surface area contributed by atoms with Gasteiger partial charge in [-0.1, -0.05) is 29.8 Å². The Bertz CT molecular complexity index is 731. The number of hydrogen-bond acceptors (Lipinski definition) is 5. The lowest BCUT2D eigenvalue weighted by Crippen LogP contribution is -2.44. The molecule has 3 rings (SSSR count). The molecular formula is C21H28N4O2. The van der Waals surface area contributed by atoms with Crippen molar-refractivity contribution in [1.82, 2.24) is 15.3 Å². The molecule has 0 radical (unpaired) electrons. The van der Waals surface area contributed by atoms with Crippen LogP contribution in [0.3, 0.4) is 0 Å². The molecule has 1 fully saturated rings. The van der Waals surface area contributed by atoms with Crippen molar-refractivity contribution in [3.05, 3.63) is 42.2 Å². The van der Waals surface area contributed by atoms with Crippen molar-refractivity contribution in [3.63, 3.8) is 0 Å². The lowest BCUT2D eigenvalue weighted by molar-refractivity contribution is -0.125. The Morgan fingerprint density at radius 3 is 2.67 bits per heavy atom. The van der Waals surface area contributed by atoms with E-state index in [1.54, 1.807) is 7.11 Å². The third-order valence-corrected chi connectivity index (χ3v) is 4.92. The third-order valence-electron chi connectivity index (χ3n) is 4.92. The summed E-state index contributed by atoms with van der Waals surface area (Å²) < 4.78 is 5.02. The summed E-state index contributed by atoms with van der Waals surface area (Å²) in [6.07, 6.45) is 6.44. The second kappa shape index (κ2) is 9.46. The van der Waals surface area contributed by atoms with Crippen LogP contribution in [-0.4, -0.2) is 49.2 Å². The second-order valence-corrected chi connectivity index (χ2v) is 7.06. The summed E-state index contributed by atoms with van der Waals surface area (Å²) in [6, 6.07) is 8.34. The Morgan fingerprint density at radius 2 is 1.96 bits per heavy atom. The number of carbonyl (C=O) groups is 1. The van der Waals surface area contributed by atoms with Crippen molar-refractivity contribution in [1.29, 1.82) is 0 Å². The lowest BCUT2D eigenvalue weighted by Gasteiger charge is -2.32. The average Bonchev–Trinajstić information content (AvgIpc) is 2.72. The SMILES string of the molecule is COCCCNC(=O)C1CCCN(c2ncc(-c3ccc(C)cc3)cn2)C1. The van der Waals surface area contributed by atoms with E-state index in [1.807, 2.05) is 12.4 Å². The van der Waals surface area contributed by atoms with Crippen LogP contribution in [0.25, 0.3) is 11.1 Å². The number of ether oxygens (including phenoxy) is 1. The van der Waals surface area contributed by atoms with E-state index in [9.17, 15) is 4.79 Å². The van der Waals surface area contributed by atoms with E-state index in [4.69, 9.17) is 4.74 Å². The number of piperidine rings is 1. The Labute approximate surface area is 161 Å². The lowest BCUT2D eigenvalue weighted by atomic mass is 9.97. The molecule has 0 saturated carbocycles. The minimum Gasteiger partial charge on any atom is -0.385 e. The zero-order chi connectivity index (χ0) is 19.1. The molecule has 6 nitrogen and oxygen atoms in total. The minimum absolute atomic E-state index is 0.0123. The highest BCUT2D eigenvalue weighted by Gasteiger charge is 2.26.